The maximum Gasteiger partial charge on any atom is 0.235 e. The zero-order valence-electron chi connectivity index (χ0n) is 7.81. The first-order valence-electron chi connectivity index (χ1n) is 3.97. The Kier molecular flexibility index (Phi) is 4.89. The van der Waals surface area contributed by atoms with Crippen molar-refractivity contribution in [3.63, 3.8) is 0 Å². The van der Waals surface area contributed by atoms with Gasteiger partial charge in [-0.2, -0.15) is 0 Å². The second-order valence-corrected chi connectivity index (χ2v) is 4.50. The van der Waals surface area contributed by atoms with Gasteiger partial charge < -0.3 is 10.1 Å². The van der Waals surface area contributed by atoms with E-state index in [1.54, 1.807) is 12.1 Å². The van der Waals surface area contributed by atoms with Crippen LogP contribution in [-0.2, 0) is 4.79 Å². The third-order valence-corrected chi connectivity index (χ3v) is 2.92. The summed E-state index contributed by atoms with van der Waals surface area (Å²) < 4.78 is 5.84. The Bertz CT molecular complexity index is 385. The van der Waals surface area contributed by atoms with Crippen LogP contribution in [0.5, 0.6) is 5.75 Å². The normalized spacial score (nSPS) is 9.87. The van der Waals surface area contributed by atoms with Gasteiger partial charge in [-0.05, 0) is 28.1 Å². The van der Waals surface area contributed by atoms with Crippen LogP contribution in [0.25, 0.3) is 0 Å². The fourth-order valence-corrected chi connectivity index (χ4v) is 2.16. The van der Waals surface area contributed by atoms with Crippen molar-refractivity contribution in [2.75, 3.05) is 17.8 Å². The van der Waals surface area contributed by atoms with Crippen molar-refractivity contribution in [1.82, 2.24) is 0 Å². The number of hydrogen-bond acceptors (Lipinski definition) is 2. The third kappa shape index (κ3) is 3.36. The number of hydrogen-bond donors (Lipinski definition) is 1. The van der Waals surface area contributed by atoms with Crippen molar-refractivity contribution >= 4 is 55.1 Å². The van der Waals surface area contributed by atoms with Gasteiger partial charge in [0, 0.05) is 5.02 Å². The van der Waals surface area contributed by atoms with Crippen LogP contribution in [0.4, 0.5) is 5.69 Å². The number of alkyl halides is 1. The number of benzene rings is 1. The summed E-state index contributed by atoms with van der Waals surface area (Å²) in [5.41, 5.74) is 0.543. The minimum absolute atomic E-state index is 0.164. The quantitative estimate of drug-likeness (QED) is 0.842. The summed E-state index contributed by atoms with van der Waals surface area (Å²) in [6, 6.07) is 3.33. The Hall–Kier alpha value is -0.260. The second kappa shape index (κ2) is 5.72. The highest BCUT2D eigenvalue weighted by atomic mass is 79.9. The van der Waals surface area contributed by atoms with Crippen molar-refractivity contribution in [3.8, 4) is 5.75 Å². The second-order valence-electron chi connectivity index (χ2n) is 2.65. The van der Waals surface area contributed by atoms with Gasteiger partial charge in [-0.25, -0.2) is 0 Å². The molecule has 0 atom stereocenters. The lowest BCUT2D eigenvalue weighted by Crippen LogP contribution is -2.13. The van der Waals surface area contributed by atoms with Gasteiger partial charge in [0.25, 0.3) is 0 Å². The number of anilines is 1. The lowest BCUT2D eigenvalue weighted by molar-refractivity contribution is -0.113. The highest BCUT2D eigenvalue weighted by Gasteiger charge is 2.11. The van der Waals surface area contributed by atoms with E-state index < -0.39 is 0 Å². The van der Waals surface area contributed by atoms with Crippen molar-refractivity contribution < 1.29 is 9.53 Å². The molecule has 0 aromatic heterocycles. The first-order valence-corrected chi connectivity index (χ1v) is 6.26. The predicted octanol–water partition coefficient (Wildman–Crippen LogP) is 3.44. The summed E-state index contributed by atoms with van der Waals surface area (Å²) in [5.74, 6) is 0.385. The molecule has 1 amide bonds. The molecule has 82 valence electrons. The summed E-state index contributed by atoms with van der Waals surface area (Å²) in [7, 11) is 1.53. The van der Waals surface area contributed by atoms with E-state index in [-0.39, 0.29) is 11.2 Å². The lowest BCUT2D eigenvalue weighted by Gasteiger charge is -2.11. The average molecular weight is 357 g/mol. The molecule has 1 aromatic carbocycles. The first-order chi connectivity index (χ1) is 7.08. The Morgan fingerprint density at radius 1 is 1.60 bits per heavy atom. The molecular weight excluding hydrogens is 349 g/mol. The van der Waals surface area contributed by atoms with Gasteiger partial charge in [0.1, 0.15) is 0 Å². The van der Waals surface area contributed by atoms with Crippen LogP contribution in [0.15, 0.2) is 16.6 Å². The number of ether oxygens (including phenoxy) is 1. The van der Waals surface area contributed by atoms with Crippen molar-refractivity contribution in [1.29, 1.82) is 0 Å². The Morgan fingerprint density at radius 3 is 2.80 bits per heavy atom. The summed E-state index contributed by atoms with van der Waals surface area (Å²) in [4.78, 5) is 11.2. The molecule has 1 rings (SSSR count). The van der Waals surface area contributed by atoms with E-state index in [0.29, 0.717) is 20.9 Å². The standard InChI is InChI=1S/C9H8Br2ClNO2/c1-15-9-6(11)2-5(12)3-7(9)13-8(14)4-10/h2-3H,4H2,1H3,(H,13,14). The third-order valence-electron chi connectivity index (χ3n) is 1.61. The molecule has 6 heteroatoms. The topological polar surface area (TPSA) is 38.3 Å². The SMILES string of the molecule is COc1c(Br)cc(Cl)cc1NC(=O)CBr. The molecule has 0 aliphatic heterocycles. The summed E-state index contributed by atoms with van der Waals surface area (Å²) in [6.07, 6.45) is 0. The van der Waals surface area contributed by atoms with E-state index in [4.69, 9.17) is 16.3 Å². The van der Waals surface area contributed by atoms with Crippen LogP contribution in [0, 0.1) is 0 Å². The molecule has 15 heavy (non-hydrogen) atoms. The molecule has 0 radical (unpaired) electrons. The Labute approximate surface area is 109 Å². The zero-order valence-corrected chi connectivity index (χ0v) is 11.7. The predicted molar refractivity (Wildman–Crippen MR) is 68.1 cm³/mol. The maximum atomic E-state index is 11.2. The van der Waals surface area contributed by atoms with Gasteiger partial charge in [-0.3, -0.25) is 4.79 Å². The molecule has 0 heterocycles. The van der Waals surface area contributed by atoms with E-state index in [9.17, 15) is 4.79 Å². The van der Waals surface area contributed by atoms with Gasteiger partial charge in [0.05, 0.1) is 22.6 Å². The van der Waals surface area contributed by atoms with Crippen LogP contribution in [0.2, 0.25) is 5.02 Å². The van der Waals surface area contributed by atoms with Crippen molar-refractivity contribution in [2.24, 2.45) is 0 Å². The minimum Gasteiger partial charge on any atom is -0.493 e. The molecule has 1 aromatic rings. The highest BCUT2D eigenvalue weighted by molar-refractivity contribution is 9.10. The lowest BCUT2D eigenvalue weighted by atomic mass is 10.3. The molecule has 0 saturated carbocycles. The van der Waals surface area contributed by atoms with Crippen LogP contribution in [0.3, 0.4) is 0 Å². The average Bonchev–Trinajstić information content (AvgIpc) is 2.17. The number of carbonyl (C=O) groups is 1. The largest absolute Gasteiger partial charge is 0.493 e. The summed E-state index contributed by atoms with van der Waals surface area (Å²) >= 11 is 12.2. The summed E-state index contributed by atoms with van der Waals surface area (Å²) in [5, 5.41) is 3.41. The molecule has 0 bridgehead atoms. The molecule has 0 aliphatic rings. The van der Waals surface area contributed by atoms with Crippen LogP contribution >= 0.6 is 43.5 Å². The van der Waals surface area contributed by atoms with Gasteiger partial charge in [-0.15, -0.1) is 0 Å². The number of halogens is 3. The fraction of sp³-hybridized carbons (Fsp3) is 0.222. The van der Waals surface area contributed by atoms with Crippen molar-refractivity contribution in [3.05, 3.63) is 21.6 Å². The van der Waals surface area contributed by atoms with Crippen LogP contribution in [0.1, 0.15) is 0 Å². The van der Waals surface area contributed by atoms with E-state index in [1.807, 2.05) is 0 Å². The number of rotatable bonds is 3. The van der Waals surface area contributed by atoms with E-state index in [1.165, 1.54) is 7.11 Å². The molecule has 0 saturated heterocycles. The molecule has 0 unspecified atom stereocenters. The number of amides is 1. The molecule has 3 nitrogen and oxygen atoms in total. The summed E-state index contributed by atoms with van der Waals surface area (Å²) in [6.45, 7) is 0. The maximum absolute atomic E-state index is 11.2. The smallest absolute Gasteiger partial charge is 0.235 e. The van der Waals surface area contributed by atoms with Crippen molar-refractivity contribution in [2.45, 2.75) is 0 Å². The van der Waals surface area contributed by atoms with Gasteiger partial charge in [0.15, 0.2) is 5.75 Å². The van der Waals surface area contributed by atoms with Gasteiger partial charge >= 0.3 is 0 Å². The van der Waals surface area contributed by atoms with Gasteiger partial charge in [-0.1, -0.05) is 27.5 Å². The molecule has 1 N–H and O–H groups in total. The zero-order chi connectivity index (χ0) is 11.4. The van der Waals surface area contributed by atoms with Crippen LogP contribution < -0.4 is 10.1 Å². The van der Waals surface area contributed by atoms with E-state index in [2.05, 4.69) is 37.2 Å². The molecule has 0 fully saturated rings. The monoisotopic (exact) mass is 355 g/mol. The van der Waals surface area contributed by atoms with E-state index in [0.717, 1.165) is 0 Å². The molecule has 0 aliphatic carbocycles. The minimum atomic E-state index is -0.164. The Morgan fingerprint density at radius 2 is 2.27 bits per heavy atom. The first kappa shape index (κ1) is 12.8. The van der Waals surface area contributed by atoms with Gasteiger partial charge in [0.2, 0.25) is 5.91 Å². The van der Waals surface area contributed by atoms with Crippen LogP contribution in [-0.4, -0.2) is 18.3 Å². The Balaban J connectivity index is 3.09. The number of methoxy groups -OCH3 is 1. The number of nitrogens with one attached hydrogen (secondary N) is 1. The fourth-order valence-electron chi connectivity index (χ4n) is 1.04. The molecular formula is C9H8Br2ClNO2. The number of carbonyl (C=O) groups excluding carboxylic acids is 1. The highest BCUT2D eigenvalue weighted by Crippen LogP contribution is 2.36. The molecule has 0 spiro atoms. The van der Waals surface area contributed by atoms with E-state index >= 15 is 0 Å².